The van der Waals surface area contributed by atoms with E-state index < -0.39 is 0 Å². The quantitative estimate of drug-likeness (QED) is 0.307. The average molecular weight is 488 g/mol. The summed E-state index contributed by atoms with van der Waals surface area (Å²) >= 11 is 0. The number of nitrogens with zero attached hydrogens (tertiary/aromatic N) is 3. The number of hydrogen-bond donors (Lipinski definition) is 2. The lowest BCUT2D eigenvalue weighted by atomic mass is 10.1. The van der Waals surface area contributed by atoms with Crippen molar-refractivity contribution in [2.45, 2.75) is 0 Å². The minimum atomic E-state index is -0.319. The van der Waals surface area contributed by atoms with E-state index in [-0.39, 0.29) is 11.7 Å². The number of nitrogens with one attached hydrogen (secondary N) is 2. The molecule has 1 aromatic heterocycles. The van der Waals surface area contributed by atoms with Gasteiger partial charge in [0.05, 0.1) is 18.3 Å². The number of anilines is 3. The number of methoxy groups -OCH3 is 1. The molecule has 0 aliphatic carbocycles. The molecule has 2 N–H and O–H groups in total. The summed E-state index contributed by atoms with van der Waals surface area (Å²) in [6, 6.07) is 16.6. The lowest BCUT2D eigenvalue weighted by Crippen LogP contribution is -2.13. The third-order valence-electron chi connectivity index (χ3n) is 5.12. The summed E-state index contributed by atoms with van der Waals surface area (Å²) in [5.41, 5.74) is 1.93. The highest BCUT2D eigenvalue weighted by Gasteiger charge is 2.12. The number of halogens is 1. The molecule has 1 amide bonds. The summed E-state index contributed by atoms with van der Waals surface area (Å²) in [6.07, 6.45) is 4.72. The summed E-state index contributed by atoms with van der Waals surface area (Å²) in [5, 5.41) is 6.85. The van der Waals surface area contributed by atoms with Gasteiger partial charge in [0, 0.05) is 29.8 Å². The third kappa shape index (κ3) is 6.34. The van der Waals surface area contributed by atoms with Crippen molar-refractivity contribution < 1.29 is 18.7 Å². The van der Waals surface area contributed by atoms with Crippen molar-refractivity contribution in [1.82, 2.24) is 14.9 Å². The molecule has 0 aliphatic heterocycles. The van der Waals surface area contributed by atoms with E-state index in [1.165, 1.54) is 31.6 Å². The Kier molecular flexibility index (Phi) is 7.72. The maximum absolute atomic E-state index is 13.1. The second-order valence-corrected chi connectivity index (χ2v) is 8.15. The molecule has 0 saturated carbocycles. The molecule has 3 aromatic carbocycles. The van der Waals surface area contributed by atoms with Gasteiger partial charge in [-0.15, -0.1) is 0 Å². The molecule has 0 fully saturated rings. The summed E-state index contributed by atoms with van der Waals surface area (Å²) in [4.78, 5) is 23.1. The Morgan fingerprint density at radius 2 is 1.72 bits per heavy atom. The molecule has 0 atom stereocenters. The summed E-state index contributed by atoms with van der Waals surface area (Å²) in [6.45, 7) is 0.651. The Hall–Kier alpha value is -4.50. The number of amides is 1. The smallest absolute Gasteiger partial charge is 0.248 e. The van der Waals surface area contributed by atoms with Gasteiger partial charge in [-0.1, -0.05) is 6.08 Å². The minimum Gasteiger partial charge on any atom is -0.494 e. The van der Waals surface area contributed by atoms with Crippen molar-refractivity contribution in [1.29, 1.82) is 0 Å². The van der Waals surface area contributed by atoms with Gasteiger partial charge in [-0.05, 0) is 68.7 Å². The monoisotopic (exact) mass is 487 g/mol. The Morgan fingerprint density at radius 3 is 2.39 bits per heavy atom. The van der Waals surface area contributed by atoms with Gasteiger partial charge in [0.15, 0.2) is 0 Å². The zero-order chi connectivity index (χ0) is 25.5. The molecule has 0 radical (unpaired) electrons. The molecule has 184 valence electrons. The summed E-state index contributed by atoms with van der Waals surface area (Å²) in [7, 11) is 5.39. The first-order chi connectivity index (χ1) is 17.4. The molecule has 4 rings (SSSR count). The molecular weight excluding hydrogens is 461 g/mol. The third-order valence-corrected chi connectivity index (χ3v) is 5.12. The SMILES string of the molecule is COc1cc2ncnc(Nc3ccc(Oc4ccc(F)cc4)cc3)c2cc1NC(=O)/C=C/CN(C)C. The van der Waals surface area contributed by atoms with E-state index in [2.05, 4.69) is 20.6 Å². The predicted octanol–water partition coefficient (Wildman–Crippen LogP) is 5.37. The van der Waals surface area contributed by atoms with Crippen LogP contribution in [0.3, 0.4) is 0 Å². The van der Waals surface area contributed by atoms with Gasteiger partial charge in [0.25, 0.3) is 0 Å². The van der Waals surface area contributed by atoms with E-state index in [0.29, 0.717) is 46.2 Å². The second kappa shape index (κ2) is 11.3. The number of benzene rings is 3. The highest BCUT2D eigenvalue weighted by Crippen LogP contribution is 2.33. The van der Waals surface area contributed by atoms with Gasteiger partial charge < -0.3 is 25.0 Å². The second-order valence-electron chi connectivity index (χ2n) is 8.15. The van der Waals surface area contributed by atoms with Crippen LogP contribution in [0, 0.1) is 5.82 Å². The number of carbonyl (C=O) groups excluding carboxylic acids is 1. The fourth-order valence-corrected chi connectivity index (χ4v) is 3.38. The average Bonchev–Trinajstić information content (AvgIpc) is 2.86. The maximum Gasteiger partial charge on any atom is 0.248 e. The Balaban J connectivity index is 1.54. The van der Waals surface area contributed by atoms with Gasteiger partial charge in [-0.2, -0.15) is 0 Å². The Morgan fingerprint density at radius 1 is 1.03 bits per heavy atom. The molecule has 9 heteroatoms. The highest BCUT2D eigenvalue weighted by atomic mass is 19.1. The number of fused-ring (bicyclic) bond motifs is 1. The van der Waals surface area contributed by atoms with Crippen LogP contribution >= 0.6 is 0 Å². The lowest BCUT2D eigenvalue weighted by Gasteiger charge is -2.13. The Labute approximate surface area is 208 Å². The van der Waals surface area contributed by atoms with E-state index in [1.54, 1.807) is 42.5 Å². The lowest BCUT2D eigenvalue weighted by molar-refractivity contribution is -0.111. The first-order valence-electron chi connectivity index (χ1n) is 11.2. The number of likely N-dealkylation sites (N-methyl/N-ethyl adjacent to an activating group) is 1. The normalized spacial score (nSPS) is 11.1. The molecule has 0 saturated heterocycles. The number of aromatic nitrogens is 2. The van der Waals surface area contributed by atoms with E-state index in [0.717, 1.165) is 5.69 Å². The number of carbonyl (C=O) groups is 1. The minimum absolute atomic E-state index is 0.266. The van der Waals surface area contributed by atoms with Gasteiger partial charge in [0.2, 0.25) is 5.91 Å². The fraction of sp³-hybridized carbons (Fsp3) is 0.148. The number of hydrogen-bond acceptors (Lipinski definition) is 7. The van der Waals surface area contributed by atoms with Crippen LogP contribution in [-0.2, 0) is 4.79 Å². The maximum atomic E-state index is 13.1. The molecule has 0 bridgehead atoms. The van der Waals surface area contributed by atoms with Gasteiger partial charge in [-0.25, -0.2) is 14.4 Å². The van der Waals surface area contributed by atoms with E-state index in [1.807, 2.05) is 31.1 Å². The van der Waals surface area contributed by atoms with Crippen LogP contribution < -0.4 is 20.1 Å². The summed E-state index contributed by atoms with van der Waals surface area (Å²) in [5.74, 6) is 1.62. The Bertz CT molecular complexity index is 1370. The van der Waals surface area contributed by atoms with Crippen molar-refractivity contribution in [2.24, 2.45) is 0 Å². The van der Waals surface area contributed by atoms with E-state index in [4.69, 9.17) is 9.47 Å². The van der Waals surface area contributed by atoms with Crippen molar-refractivity contribution in [3.63, 3.8) is 0 Å². The zero-order valence-electron chi connectivity index (χ0n) is 20.2. The van der Waals surface area contributed by atoms with Gasteiger partial charge in [-0.3, -0.25) is 4.79 Å². The molecule has 8 nitrogen and oxygen atoms in total. The topological polar surface area (TPSA) is 88.6 Å². The van der Waals surface area contributed by atoms with Crippen LogP contribution in [-0.4, -0.2) is 48.5 Å². The van der Waals surface area contributed by atoms with Crippen LogP contribution in [0.4, 0.5) is 21.6 Å². The molecule has 36 heavy (non-hydrogen) atoms. The zero-order valence-corrected chi connectivity index (χ0v) is 20.2. The van der Waals surface area contributed by atoms with E-state index in [9.17, 15) is 9.18 Å². The van der Waals surface area contributed by atoms with Crippen LogP contribution in [0.15, 0.2) is 79.1 Å². The molecular formula is C27H26FN5O3. The standard InChI is InChI=1S/C27H26FN5O3/c1-33(2)14-4-5-26(34)32-24-15-22-23(16-25(24)35-3)29-17-30-27(22)31-19-8-12-21(13-9-19)36-20-10-6-18(28)7-11-20/h4-13,15-17H,14H2,1-3H3,(H,32,34)(H,29,30,31)/b5-4+. The summed E-state index contributed by atoms with van der Waals surface area (Å²) < 4.78 is 24.3. The molecule has 0 unspecified atom stereocenters. The van der Waals surface area contributed by atoms with Crippen molar-refractivity contribution in [3.05, 3.63) is 85.0 Å². The van der Waals surface area contributed by atoms with Gasteiger partial charge in [0.1, 0.15) is 35.2 Å². The predicted molar refractivity (Wildman–Crippen MR) is 139 cm³/mol. The van der Waals surface area contributed by atoms with Crippen LogP contribution in [0.5, 0.6) is 17.2 Å². The first-order valence-corrected chi connectivity index (χ1v) is 11.2. The molecule has 0 spiro atoms. The van der Waals surface area contributed by atoms with Crippen LogP contribution in [0.1, 0.15) is 0 Å². The highest BCUT2D eigenvalue weighted by molar-refractivity contribution is 6.03. The fourth-order valence-electron chi connectivity index (χ4n) is 3.38. The van der Waals surface area contributed by atoms with Crippen molar-refractivity contribution in [2.75, 3.05) is 38.4 Å². The van der Waals surface area contributed by atoms with Crippen molar-refractivity contribution in [3.8, 4) is 17.2 Å². The first kappa shape index (κ1) is 24.6. The number of rotatable bonds is 9. The number of ether oxygens (including phenoxy) is 2. The van der Waals surface area contributed by atoms with E-state index >= 15 is 0 Å². The molecule has 0 aliphatic rings. The van der Waals surface area contributed by atoms with Crippen LogP contribution in [0.25, 0.3) is 10.9 Å². The van der Waals surface area contributed by atoms with Crippen LogP contribution in [0.2, 0.25) is 0 Å². The van der Waals surface area contributed by atoms with Crippen molar-refractivity contribution >= 4 is 34.0 Å². The largest absolute Gasteiger partial charge is 0.494 e. The molecule has 1 heterocycles. The molecule has 4 aromatic rings. The van der Waals surface area contributed by atoms with Gasteiger partial charge >= 0.3 is 0 Å².